The van der Waals surface area contributed by atoms with Crippen LogP contribution in [0.4, 0.5) is 10.1 Å². The van der Waals surface area contributed by atoms with E-state index in [1.165, 1.54) is 25.2 Å². The monoisotopic (exact) mass is 511 g/mol. The molecular weight excluding hydrogens is 489 g/mol. The Kier molecular flexibility index (Phi) is 7.17. The third-order valence-corrected chi connectivity index (χ3v) is 6.02. The zero-order chi connectivity index (χ0) is 26.0. The van der Waals surface area contributed by atoms with Crippen molar-refractivity contribution in [2.45, 2.75) is 13.0 Å². The van der Waals surface area contributed by atoms with Gasteiger partial charge in [-0.3, -0.25) is 14.5 Å². The number of aliphatic hydroxyl groups is 1. The fourth-order valence-electron chi connectivity index (χ4n) is 4.16. The Hall–Kier alpha value is -4.04. The average Bonchev–Trinajstić information content (AvgIpc) is 3.14. The lowest BCUT2D eigenvalue weighted by molar-refractivity contribution is -0.132. The first-order valence-corrected chi connectivity index (χ1v) is 11.4. The van der Waals surface area contributed by atoms with Crippen molar-refractivity contribution < 1.29 is 33.3 Å². The number of ketones is 1. The van der Waals surface area contributed by atoms with Crippen molar-refractivity contribution in [3.05, 3.63) is 88.2 Å². The highest BCUT2D eigenvalue weighted by molar-refractivity contribution is 6.51. The lowest BCUT2D eigenvalue weighted by Crippen LogP contribution is -2.29. The first-order chi connectivity index (χ1) is 17.3. The Bertz CT molecular complexity index is 1350. The molecule has 0 aromatic heterocycles. The summed E-state index contributed by atoms with van der Waals surface area (Å²) in [7, 11) is 2.85. The van der Waals surface area contributed by atoms with Crippen LogP contribution in [0.25, 0.3) is 5.76 Å². The van der Waals surface area contributed by atoms with Gasteiger partial charge in [-0.15, -0.1) is 0 Å². The zero-order valence-electron chi connectivity index (χ0n) is 19.7. The first kappa shape index (κ1) is 25.1. The third-order valence-electron chi connectivity index (χ3n) is 5.77. The van der Waals surface area contributed by atoms with Gasteiger partial charge in [0.2, 0.25) is 0 Å². The largest absolute Gasteiger partial charge is 0.507 e. The Labute approximate surface area is 212 Å². The standard InChI is InChI=1S/C27H23ClFNO6/c1-4-36-22-13-15(5-11-21(22)35-3)24-23(25(31)19-14-17(29)8-12-20(19)34-2)26(32)27(33)30(24)18-9-6-16(28)7-10-18/h5-14,24,31H,4H2,1-3H3/b25-23+. The minimum absolute atomic E-state index is 0.0600. The summed E-state index contributed by atoms with van der Waals surface area (Å²) in [5.74, 6) is -2.04. The lowest BCUT2D eigenvalue weighted by atomic mass is 9.94. The average molecular weight is 512 g/mol. The van der Waals surface area contributed by atoms with Crippen LogP contribution >= 0.6 is 11.6 Å². The number of hydrogen-bond donors (Lipinski definition) is 1. The molecule has 0 spiro atoms. The molecule has 9 heteroatoms. The molecule has 1 N–H and O–H groups in total. The second-order valence-electron chi connectivity index (χ2n) is 7.83. The van der Waals surface area contributed by atoms with Gasteiger partial charge in [-0.25, -0.2) is 4.39 Å². The number of amides is 1. The smallest absolute Gasteiger partial charge is 0.300 e. The van der Waals surface area contributed by atoms with Gasteiger partial charge in [-0.05, 0) is 67.1 Å². The highest BCUT2D eigenvalue weighted by atomic mass is 35.5. The highest BCUT2D eigenvalue weighted by Crippen LogP contribution is 2.45. The van der Waals surface area contributed by atoms with Crippen molar-refractivity contribution in [3.8, 4) is 17.2 Å². The maximum Gasteiger partial charge on any atom is 0.300 e. The fourth-order valence-corrected chi connectivity index (χ4v) is 4.28. The van der Waals surface area contributed by atoms with Crippen LogP contribution in [-0.4, -0.2) is 37.6 Å². The SMILES string of the molecule is CCOc1cc(C2/C(=C(\O)c3cc(F)ccc3OC)C(=O)C(=O)N2c2ccc(Cl)cc2)ccc1OC. The molecule has 1 aliphatic heterocycles. The van der Waals surface area contributed by atoms with Crippen molar-refractivity contribution in [3.63, 3.8) is 0 Å². The molecule has 3 aromatic rings. The van der Waals surface area contributed by atoms with Crippen LogP contribution in [0.5, 0.6) is 17.2 Å². The molecule has 1 heterocycles. The molecule has 3 aromatic carbocycles. The Morgan fingerprint density at radius 3 is 2.28 bits per heavy atom. The predicted molar refractivity (Wildman–Crippen MR) is 133 cm³/mol. The van der Waals surface area contributed by atoms with Crippen molar-refractivity contribution in [2.75, 3.05) is 25.7 Å². The molecule has 7 nitrogen and oxygen atoms in total. The molecule has 1 atom stereocenters. The molecule has 0 saturated carbocycles. The van der Waals surface area contributed by atoms with Crippen LogP contribution in [0.2, 0.25) is 5.02 Å². The summed E-state index contributed by atoms with van der Waals surface area (Å²) in [4.78, 5) is 27.9. The van der Waals surface area contributed by atoms with E-state index in [4.69, 9.17) is 25.8 Å². The van der Waals surface area contributed by atoms with Crippen molar-refractivity contribution in [1.29, 1.82) is 0 Å². The van der Waals surface area contributed by atoms with Gasteiger partial charge < -0.3 is 19.3 Å². The van der Waals surface area contributed by atoms with E-state index >= 15 is 0 Å². The van der Waals surface area contributed by atoms with Gasteiger partial charge in [0.15, 0.2) is 11.5 Å². The Balaban J connectivity index is 2.00. The molecule has 0 aliphatic carbocycles. The molecule has 1 unspecified atom stereocenters. The summed E-state index contributed by atoms with van der Waals surface area (Å²) < 4.78 is 30.5. The molecule has 186 valence electrons. The molecular formula is C27H23ClFNO6. The highest BCUT2D eigenvalue weighted by Gasteiger charge is 2.47. The number of rotatable bonds is 7. The molecule has 4 rings (SSSR count). The number of Topliss-reactive ketones (excluding diaryl/α,β-unsaturated/α-hetero) is 1. The fraction of sp³-hybridized carbons (Fsp3) is 0.185. The van der Waals surface area contributed by atoms with Crippen molar-refractivity contribution >= 4 is 34.7 Å². The van der Waals surface area contributed by atoms with E-state index in [1.807, 2.05) is 6.92 Å². The maximum atomic E-state index is 14.1. The van der Waals surface area contributed by atoms with E-state index in [2.05, 4.69) is 0 Å². The summed E-state index contributed by atoms with van der Waals surface area (Å²) in [6.07, 6.45) is 0. The summed E-state index contributed by atoms with van der Waals surface area (Å²) in [6, 6.07) is 13.8. The number of nitrogens with zero attached hydrogens (tertiary/aromatic N) is 1. The number of aliphatic hydroxyl groups excluding tert-OH is 1. The summed E-state index contributed by atoms with van der Waals surface area (Å²) >= 11 is 6.03. The van der Waals surface area contributed by atoms with E-state index in [0.29, 0.717) is 34.4 Å². The Morgan fingerprint density at radius 2 is 1.64 bits per heavy atom. The maximum absolute atomic E-state index is 14.1. The van der Waals surface area contributed by atoms with Crippen molar-refractivity contribution in [2.24, 2.45) is 0 Å². The van der Waals surface area contributed by atoms with Crippen LogP contribution in [0.1, 0.15) is 24.1 Å². The van der Waals surface area contributed by atoms with Gasteiger partial charge in [0.25, 0.3) is 11.7 Å². The van der Waals surface area contributed by atoms with Gasteiger partial charge >= 0.3 is 0 Å². The first-order valence-electron chi connectivity index (χ1n) is 11.0. The van der Waals surface area contributed by atoms with Crippen LogP contribution < -0.4 is 19.1 Å². The number of carbonyl (C=O) groups excluding carboxylic acids is 2. The third kappa shape index (κ3) is 4.47. The van der Waals surface area contributed by atoms with Gasteiger partial charge in [0.05, 0.1) is 38.0 Å². The van der Waals surface area contributed by atoms with E-state index in [9.17, 15) is 19.1 Å². The van der Waals surface area contributed by atoms with Gasteiger partial charge in [-0.2, -0.15) is 0 Å². The number of methoxy groups -OCH3 is 2. The van der Waals surface area contributed by atoms with Crippen LogP contribution in [-0.2, 0) is 9.59 Å². The predicted octanol–water partition coefficient (Wildman–Crippen LogP) is 5.52. The molecule has 1 amide bonds. The number of ether oxygens (including phenoxy) is 3. The molecule has 1 aliphatic rings. The van der Waals surface area contributed by atoms with Crippen LogP contribution in [0.3, 0.4) is 0 Å². The molecule has 0 radical (unpaired) electrons. The van der Waals surface area contributed by atoms with E-state index in [0.717, 1.165) is 12.1 Å². The van der Waals surface area contributed by atoms with E-state index < -0.39 is 29.3 Å². The molecule has 0 bridgehead atoms. The Morgan fingerprint density at radius 1 is 0.972 bits per heavy atom. The second kappa shape index (κ2) is 10.3. The number of halogens is 2. The minimum atomic E-state index is -1.07. The zero-order valence-corrected chi connectivity index (χ0v) is 20.5. The number of anilines is 1. The summed E-state index contributed by atoms with van der Waals surface area (Å²) in [6.45, 7) is 2.15. The van der Waals surface area contributed by atoms with Crippen LogP contribution in [0.15, 0.2) is 66.2 Å². The topological polar surface area (TPSA) is 85.3 Å². The normalized spacial score (nSPS) is 16.8. The van der Waals surface area contributed by atoms with Gasteiger partial charge in [0.1, 0.15) is 17.3 Å². The number of carbonyl (C=O) groups is 2. The molecule has 1 fully saturated rings. The number of hydrogen-bond acceptors (Lipinski definition) is 6. The van der Waals surface area contributed by atoms with Crippen LogP contribution in [0, 0.1) is 5.82 Å². The van der Waals surface area contributed by atoms with Gasteiger partial charge in [0, 0.05) is 10.7 Å². The summed E-state index contributed by atoms with van der Waals surface area (Å²) in [5, 5.41) is 11.8. The quantitative estimate of drug-likeness (QED) is 0.255. The van der Waals surface area contributed by atoms with E-state index in [-0.39, 0.29) is 16.9 Å². The lowest BCUT2D eigenvalue weighted by Gasteiger charge is -2.26. The van der Waals surface area contributed by atoms with Gasteiger partial charge in [-0.1, -0.05) is 17.7 Å². The van der Waals surface area contributed by atoms with E-state index in [1.54, 1.807) is 42.5 Å². The number of benzene rings is 3. The summed E-state index contributed by atoms with van der Waals surface area (Å²) in [5.41, 5.74) is 0.553. The van der Waals surface area contributed by atoms with Crippen molar-refractivity contribution in [1.82, 2.24) is 0 Å². The second-order valence-corrected chi connectivity index (χ2v) is 8.27. The minimum Gasteiger partial charge on any atom is -0.507 e. The molecule has 36 heavy (non-hydrogen) atoms. The molecule has 1 saturated heterocycles.